The first-order chi connectivity index (χ1) is 11.0. The minimum Gasteiger partial charge on any atom is -0.493 e. The van der Waals surface area contributed by atoms with Crippen molar-refractivity contribution >= 4 is 33.2 Å². The fraction of sp³-hybridized carbons (Fsp3) is 0.133. The highest BCUT2D eigenvalue weighted by atomic mass is 79.9. The molecule has 0 heterocycles. The van der Waals surface area contributed by atoms with Gasteiger partial charge in [-0.15, -0.1) is 0 Å². The van der Waals surface area contributed by atoms with Gasteiger partial charge < -0.3 is 14.8 Å². The number of anilines is 1. The molecule has 1 amide bonds. The highest BCUT2D eigenvalue weighted by Crippen LogP contribution is 2.30. The van der Waals surface area contributed by atoms with Gasteiger partial charge in [0.25, 0.3) is 11.6 Å². The lowest BCUT2D eigenvalue weighted by Crippen LogP contribution is -2.12. The second kappa shape index (κ2) is 7.10. The molecule has 0 atom stereocenters. The molecule has 0 aliphatic rings. The van der Waals surface area contributed by atoms with Crippen LogP contribution in [0.3, 0.4) is 0 Å². The van der Waals surface area contributed by atoms with E-state index in [1.165, 1.54) is 32.4 Å². The SMILES string of the molecule is COc1ccc(C(=O)Nc2ccc([N+](=O)[O-])cc2Br)cc1OC. The molecule has 0 aliphatic heterocycles. The Bertz CT molecular complexity index is 764. The maximum Gasteiger partial charge on any atom is 0.270 e. The van der Waals surface area contributed by atoms with E-state index < -0.39 is 4.92 Å². The van der Waals surface area contributed by atoms with E-state index in [1.807, 2.05) is 0 Å². The Hall–Kier alpha value is -2.61. The minimum atomic E-state index is -0.509. The summed E-state index contributed by atoms with van der Waals surface area (Å²) in [5.41, 5.74) is 0.726. The van der Waals surface area contributed by atoms with Gasteiger partial charge >= 0.3 is 0 Å². The third kappa shape index (κ3) is 3.78. The molecular formula is C15H13BrN2O5. The molecule has 0 fully saturated rings. The Balaban J connectivity index is 2.24. The van der Waals surface area contributed by atoms with Gasteiger partial charge in [0.15, 0.2) is 11.5 Å². The maximum atomic E-state index is 12.3. The first-order valence-corrected chi connectivity index (χ1v) is 7.23. The van der Waals surface area contributed by atoms with Crippen molar-refractivity contribution in [3.05, 3.63) is 56.5 Å². The van der Waals surface area contributed by atoms with E-state index in [-0.39, 0.29) is 11.6 Å². The summed E-state index contributed by atoms with van der Waals surface area (Å²) >= 11 is 3.20. The zero-order chi connectivity index (χ0) is 17.0. The maximum absolute atomic E-state index is 12.3. The molecule has 0 saturated carbocycles. The summed E-state index contributed by atoms with van der Waals surface area (Å²) < 4.78 is 10.7. The topological polar surface area (TPSA) is 90.7 Å². The third-order valence-electron chi connectivity index (χ3n) is 3.06. The molecule has 0 spiro atoms. The monoisotopic (exact) mass is 380 g/mol. The van der Waals surface area contributed by atoms with Crippen LogP contribution in [0, 0.1) is 10.1 Å². The van der Waals surface area contributed by atoms with Crippen molar-refractivity contribution < 1.29 is 19.2 Å². The van der Waals surface area contributed by atoms with Gasteiger partial charge in [-0.25, -0.2) is 0 Å². The zero-order valence-corrected chi connectivity index (χ0v) is 13.9. The number of methoxy groups -OCH3 is 2. The summed E-state index contributed by atoms with van der Waals surface area (Å²) in [6, 6.07) is 8.86. The number of non-ortho nitro benzene ring substituents is 1. The van der Waals surface area contributed by atoms with E-state index in [0.717, 1.165) is 0 Å². The molecular weight excluding hydrogens is 368 g/mol. The highest BCUT2D eigenvalue weighted by molar-refractivity contribution is 9.10. The second-order valence-electron chi connectivity index (χ2n) is 4.45. The zero-order valence-electron chi connectivity index (χ0n) is 12.3. The largest absolute Gasteiger partial charge is 0.493 e. The first-order valence-electron chi connectivity index (χ1n) is 6.43. The minimum absolute atomic E-state index is 0.0685. The number of halogens is 1. The number of nitrogens with zero attached hydrogens (tertiary/aromatic N) is 1. The fourth-order valence-electron chi connectivity index (χ4n) is 1.89. The smallest absolute Gasteiger partial charge is 0.270 e. The van der Waals surface area contributed by atoms with Crippen LogP contribution in [0.4, 0.5) is 11.4 Å². The van der Waals surface area contributed by atoms with Gasteiger partial charge in [-0.05, 0) is 40.2 Å². The number of benzene rings is 2. The molecule has 0 saturated heterocycles. The van der Waals surface area contributed by atoms with Crippen molar-refractivity contribution in [3.8, 4) is 11.5 Å². The molecule has 23 heavy (non-hydrogen) atoms. The number of rotatable bonds is 5. The number of nitro benzene ring substituents is 1. The summed E-state index contributed by atoms with van der Waals surface area (Å²) in [5, 5.41) is 13.4. The van der Waals surface area contributed by atoms with Crippen LogP contribution < -0.4 is 14.8 Å². The van der Waals surface area contributed by atoms with Gasteiger partial charge in [0.2, 0.25) is 0 Å². The Morgan fingerprint density at radius 3 is 2.39 bits per heavy atom. The van der Waals surface area contributed by atoms with Gasteiger partial charge in [0.1, 0.15) is 0 Å². The van der Waals surface area contributed by atoms with Crippen molar-refractivity contribution in [2.24, 2.45) is 0 Å². The Morgan fingerprint density at radius 1 is 1.13 bits per heavy atom. The Labute approximate surface area is 140 Å². The Kier molecular flexibility index (Phi) is 5.17. The summed E-state index contributed by atoms with van der Waals surface area (Å²) in [7, 11) is 2.98. The normalized spacial score (nSPS) is 10.0. The first kappa shape index (κ1) is 16.8. The molecule has 0 radical (unpaired) electrons. The van der Waals surface area contributed by atoms with E-state index in [1.54, 1.807) is 18.2 Å². The van der Waals surface area contributed by atoms with E-state index in [4.69, 9.17) is 9.47 Å². The highest BCUT2D eigenvalue weighted by Gasteiger charge is 2.14. The molecule has 0 unspecified atom stereocenters. The molecule has 2 aromatic rings. The second-order valence-corrected chi connectivity index (χ2v) is 5.30. The lowest BCUT2D eigenvalue weighted by atomic mass is 10.2. The number of carbonyl (C=O) groups excluding carboxylic acids is 1. The van der Waals surface area contributed by atoms with Crippen molar-refractivity contribution in [2.75, 3.05) is 19.5 Å². The lowest BCUT2D eigenvalue weighted by Gasteiger charge is -2.10. The van der Waals surface area contributed by atoms with Gasteiger partial charge in [-0.1, -0.05) is 0 Å². The molecule has 120 valence electrons. The number of nitrogens with one attached hydrogen (secondary N) is 1. The van der Waals surface area contributed by atoms with Gasteiger partial charge in [-0.2, -0.15) is 0 Å². The Morgan fingerprint density at radius 2 is 1.83 bits per heavy atom. The molecule has 8 heteroatoms. The number of ether oxygens (including phenoxy) is 2. The van der Waals surface area contributed by atoms with Crippen LogP contribution in [-0.2, 0) is 0 Å². The van der Waals surface area contributed by atoms with Gasteiger partial charge in [-0.3, -0.25) is 14.9 Å². The number of hydrogen-bond acceptors (Lipinski definition) is 5. The number of hydrogen-bond donors (Lipinski definition) is 1. The van der Waals surface area contributed by atoms with Crippen LogP contribution in [0.1, 0.15) is 10.4 Å². The molecule has 0 bridgehead atoms. The van der Waals surface area contributed by atoms with Crippen molar-refractivity contribution in [1.29, 1.82) is 0 Å². The number of amides is 1. The summed E-state index contributed by atoms with van der Waals surface area (Å²) in [4.78, 5) is 22.5. The third-order valence-corrected chi connectivity index (χ3v) is 3.71. The summed E-state index contributed by atoms with van der Waals surface area (Å²) in [5.74, 6) is 0.573. The quantitative estimate of drug-likeness (QED) is 0.631. The van der Waals surface area contributed by atoms with Gasteiger partial charge in [0.05, 0.1) is 24.8 Å². The van der Waals surface area contributed by atoms with Crippen molar-refractivity contribution in [1.82, 2.24) is 0 Å². The summed E-state index contributed by atoms with van der Waals surface area (Å²) in [6.45, 7) is 0. The fourth-order valence-corrected chi connectivity index (χ4v) is 2.36. The molecule has 7 nitrogen and oxygen atoms in total. The molecule has 2 aromatic carbocycles. The predicted molar refractivity (Wildman–Crippen MR) is 88.3 cm³/mol. The van der Waals surface area contributed by atoms with E-state index in [2.05, 4.69) is 21.2 Å². The van der Waals surface area contributed by atoms with Gasteiger partial charge in [0, 0.05) is 22.2 Å². The van der Waals surface area contributed by atoms with E-state index >= 15 is 0 Å². The van der Waals surface area contributed by atoms with Crippen LogP contribution >= 0.6 is 15.9 Å². The van der Waals surface area contributed by atoms with Crippen LogP contribution in [0.2, 0.25) is 0 Å². The average molecular weight is 381 g/mol. The molecule has 2 rings (SSSR count). The van der Waals surface area contributed by atoms with Crippen molar-refractivity contribution in [2.45, 2.75) is 0 Å². The average Bonchev–Trinajstić information content (AvgIpc) is 2.55. The van der Waals surface area contributed by atoms with Crippen LogP contribution in [-0.4, -0.2) is 25.1 Å². The summed E-state index contributed by atoms with van der Waals surface area (Å²) in [6.07, 6.45) is 0. The number of nitro groups is 1. The molecule has 0 aliphatic carbocycles. The van der Waals surface area contributed by atoms with Crippen LogP contribution in [0.5, 0.6) is 11.5 Å². The van der Waals surface area contributed by atoms with E-state index in [9.17, 15) is 14.9 Å². The van der Waals surface area contributed by atoms with Crippen molar-refractivity contribution in [3.63, 3.8) is 0 Å². The predicted octanol–water partition coefficient (Wildman–Crippen LogP) is 3.63. The van der Waals surface area contributed by atoms with Crippen LogP contribution in [0.15, 0.2) is 40.9 Å². The standard InChI is InChI=1S/C15H13BrN2O5/c1-22-13-6-3-9(7-14(13)23-2)15(19)17-12-5-4-10(18(20)21)8-11(12)16/h3-8H,1-2H3,(H,17,19). The molecule has 0 aromatic heterocycles. The van der Waals surface area contributed by atoms with E-state index in [0.29, 0.717) is 27.2 Å². The van der Waals surface area contributed by atoms with Crippen LogP contribution in [0.25, 0.3) is 0 Å². The lowest BCUT2D eigenvalue weighted by molar-refractivity contribution is -0.384. The number of carbonyl (C=O) groups is 1. The molecule has 1 N–H and O–H groups in total.